The summed E-state index contributed by atoms with van der Waals surface area (Å²) in [6.45, 7) is -0.285. The molecule has 0 unspecified atom stereocenters. The number of alkyl halides is 2. The fourth-order valence-electron chi connectivity index (χ4n) is 1.64. The van der Waals surface area contributed by atoms with E-state index < -0.39 is 6.61 Å². The molecule has 1 aromatic carbocycles. The molecular formula is C14H14F2N2O. The first kappa shape index (κ1) is 13.3. The molecule has 0 atom stereocenters. The van der Waals surface area contributed by atoms with E-state index in [1.165, 1.54) is 12.1 Å². The van der Waals surface area contributed by atoms with Crippen molar-refractivity contribution < 1.29 is 13.5 Å². The van der Waals surface area contributed by atoms with Crippen LogP contribution in [0.15, 0.2) is 42.5 Å². The molecule has 0 saturated carbocycles. The average Bonchev–Trinajstić information content (AvgIpc) is 2.37. The van der Waals surface area contributed by atoms with E-state index >= 15 is 0 Å². The number of hydrogen-bond donors (Lipinski definition) is 1. The third kappa shape index (κ3) is 4.21. The van der Waals surface area contributed by atoms with Gasteiger partial charge in [0.2, 0.25) is 0 Å². The number of aromatic nitrogens is 1. The Bertz CT molecular complexity index is 529. The van der Waals surface area contributed by atoms with E-state index in [-0.39, 0.29) is 5.75 Å². The second-order valence-electron chi connectivity index (χ2n) is 4.03. The molecule has 1 N–H and O–H groups in total. The van der Waals surface area contributed by atoms with Crippen LogP contribution in [0.1, 0.15) is 11.4 Å². The number of nitrogens with zero attached hydrogens (tertiary/aromatic N) is 1. The standard InChI is InChI=1S/C14H14F2N2O/c1-10-3-2-4-12(18-10)9-17-11-5-7-13(8-6-11)19-14(15)16/h2-8,14,17H,9H2,1H3. The van der Waals surface area contributed by atoms with Crippen LogP contribution in [0.25, 0.3) is 0 Å². The lowest BCUT2D eigenvalue weighted by molar-refractivity contribution is -0.0498. The van der Waals surface area contributed by atoms with Crippen molar-refractivity contribution in [3.8, 4) is 5.75 Å². The summed E-state index contributed by atoms with van der Waals surface area (Å²) in [6, 6.07) is 12.2. The molecule has 0 aliphatic carbocycles. The van der Waals surface area contributed by atoms with E-state index in [2.05, 4.69) is 15.0 Å². The van der Waals surface area contributed by atoms with Crippen LogP contribution in [0.3, 0.4) is 0 Å². The molecule has 0 saturated heterocycles. The Kier molecular flexibility index (Phi) is 4.28. The van der Waals surface area contributed by atoms with Crippen molar-refractivity contribution in [2.24, 2.45) is 0 Å². The number of ether oxygens (including phenoxy) is 1. The van der Waals surface area contributed by atoms with Crippen molar-refractivity contribution in [2.75, 3.05) is 5.32 Å². The summed E-state index contributed by atoms with van der Waals surface area (Å²) in [6.07, 6.45) is 0. The molecule has 19 heavy (non-hydrogen) atoms. The van der Waals surface area contributed by atoms with Gasteiger partial charge in [0.25, 0.3) is 0 Å². The van der Waals surface area contributed by atoms with Gasteiger partial charge in [0.15, 0.2) is 0 Å². The minimum absolute atomic E-state index is 0.147. The molecule has 0 amide bonds. The predicted molar refractivity (Wildman–Crippen MR) is 69.4 cm³/mol. The van der Waals surface area contributed by atoms with Crippen LogP contribution >= 0.6 is 0 Å². The maximum absolute atomic E-state index is 12.0. The maximum atomic E-state index is 12.0. The average molecular weight is 264 g/mol. The third-order valence-corrected chi connectivity index (χ3v) is 2.50. The summed E-state index contributed by atoms with van der Waals surface area (Å²) in [4.78, 5) is 4.36. The number of pyridine rings is 1. The number of anilines is 1. The minimum Gasteiger partial charge on any atom is -0.435 e. The Morgan fingerprint density at radius 2 is 1.89 bits per heavy atom. The zero-order chi connectivity index (χ0) is 13.7. The molecule has 0 radical (unpaired) electrons. The van der Waals surface area contributed by atoms with Crippen molar-refractivity contribution >= 4 is 5.69 Å². The molecular weight excluding hydrogens is 250 g/mol. The Morgan fingerprint density at radius 3 is 2.53 bits per heavy atom. The van der Waals surface area contributed by atoms with Gasteiger partial charge in [-0.1, -0.05) is 6.07 Å². The molecule has 2 aromatic rings. The summed E-state index contributed by atoms with van der Waals surface area (Å²) in [7, 11) is 0. The summed E-state index contributed by atoms with van der Waals surface area (Å²) < 4.78 is 28.2. The van der Waals surface area contributed by atoms with Crippen LogP contribution < -0.4 is 10.1 Å². The van der Waals surface area contributed by atoms with Crippen molar-refractivity contribution in [2.45, 2.75) is 20.1 Å². The van der Waals surface area contributed by atoms with Gasteiger partial charge in [0.1, 0.15) is 5.75 Å². The maximum Gasteiger partial charge on any atom is 0.387 e. The molecule has 0 aliphatic heterocycles. The Balaban J connectivity index is 1.93. The van der Waals surface area contributed by atoms with Crippen molar-refractivity contribution in [1.82, 2.24) is 4.98 Å². The first-order valence-corrected chi connectivity index (χ1v) is 5.85. The second-order valence-corrected chi connectivity index (χ2v) is 4.03. The largest absolute Gasteiger partial charge is 0.435 e. The van der Waals surface area contributed by atoms with Gasteiger partial charge in [0.05, 0.1) is 12.2 Å². The Hall–Kier alpha value is -2.17. The lowest BCUT2D eigenvalue weighted by atomic mass is 10.2. The van der Waals surface area contributed by atoms with Gasteiger partial charge in [-0.15, -0.1) is 0 Å². The molecule has 5 heteroatoms. The van der Waals surface area contributed by atoms with Gasteiger partial charge in [-0.3, -0.25) is 4.98 Å². The number of hydrogen-bond acceptors (Lipinski definition) is 3. The molecule has 0 aliphatic rings. The monoisotopic (exact) mass is 264 g/mol. The Labute approximate surface area is 110 Å². The van der Waals surface area contributed by atoms with Gasteiger partial charge in [-0.25, -0.2) is 0 Å². The van der Waals surface area contributed by atoms with Crippen LogP contribution in [0.4, 0.5) is 14.5 Å². The fraction of sp³-hybridized carbons (Fsp3) is 0.214. The van der Waals surface area contributed by atoms with E-state index in [9.17, 15) is 8.78 Å². The van der Waals surface area contributed by atoms with Crippen LogP contribution in [-0.4, -0.2) is 11.6 Å². The number of aryl methyl sites for hydroxylation is 1. The van der Waals surface area contributed by atoms with Gasteiger partial charge >= 0.3 is 6.61 Å². The lowest BCUT2D eigenvalue weighted by Gasteiger charge is -2.08. The van der Waals surface area contributed by atoms with Crippen molar-refractivity contribution in [3.63, 3.8) is 0 Å². The molecule has 0 fully saturated rings. The first-order valence-electron chi connectivity index (χ1n) is 5.85. The third-order valence-electron chi connectivity index (χ3n) is 2.50. The number of halogens is 2. The zero-order valence-corrected chi connectivity index (χ0v) is 10.4. The highest BCUT2D eigenvalue weighted by molar-refractivity contribution is 5.46. The fourth-order valence-corrected chi connectivity index (χ4v) is 1.64. The van der Waals surface area contributed by atoms with Crippen molar-refractivity contribution in [3.05, 3.63) is 53.9 Å². The predicted octanol–water partition coefficient (Wildman–Crippen LogP) is 3.60. The number of nitrogens with one attached hydrogen (secondary N) is 1. The van der Waals surface area contributed by atoms with Crippen molar-refractivity contribution in [1.29, 1.82) is 0 Å². The highest BCUT2D eigenvalue weighted by Crippen LogP contribution is 2.18. The highest BCUT2D eigenvalue weighted by atomic mass is 19.3. The van der Waals surface area contributed by atoms with Crippen LogP contribution in [0.5, 0.6) is 5.75 Å². The molecule has 0 spiro atoms. The van der Waals surface area contributed by atoms with E-state index in [0.717, 1.165) is 17.1 Å². The van der Waals surface area contributed by atoms with E-state index in [1.807, 2.05) is 25.1 Å². The molecule has 0 bridgehead atoms. The topological polar surface area (TPSA) is 34.1 Å². The number of rotatable bonds is 5. The number of benzene rings is 1. The van der Waals surface area contributed by atoms with E-state index in [4.69, 9.17) is 0 Å². The normalized spacial score (nSPS) is 10.5. The van der Waals surface area contributed by atoms with Gasteiger partial charge < -0.3 is 10.1 Å². The van der Waals surface area contributed by atoms with Crippen LogP contribution in [0.2, 0.25) is 0 Å². The Morgan fingerprint density at radius 1 is 1.16 bits per heavy atom. The smallest absolute Gasteiger partial charge is 0.387 e. The van der Waals surface area contributed by atoms with Gasteiger partial charge in [-0.2, -0.15) is 8.78 Å². The summed E-state index contributed by atoms with van der Waals surface area (Å²) >= 11 is 0. The lowest BCUT2D eigenvalue weighted by Crippen LogP contribution is -2.03. The van der Waals surface area contributed by atoms with Crippen LogP contribution in [0, 0.1) is 6.92 Å². The molecule has 2 rings (SSSR count). The SMILES string of the molecule is Cc1cccc(CNc2ccc(OC(F)F)cc2)n1. The zero-order valence-electron chi connectivity index (χ0n) is 10.4. The van der Waals surface area contributed by atoms with E-state index in [0.29, 0.717) is 6.54 Å². The molecule has 1 aromatic heterocycles. The van der Waals surface area contributed by atoms with Gasteiger partial charge in [-0.05, 0) is 43.3 Å². The van der Waals surface area contributed by atoms with Gasteiger partial charge in [0, 0.05) is 11.4 Å². The summed E-state index contributed by atoms with van der Waals surface area (Å²) in [5.41, 5.74) is 2.71. The molecule has 100 valence electrons. The summed E-state index contributed by atoms with van der Waals surface area (Å²) in [5, 5.41) is 3.16. The van der Waals surface area contributed by atoms with E-state index in [1.54, 1.807) is 12.1 Å². The second kappa shape index (κ2) is 6.13. The summed E-state index contributed by atoms with van der Waals surface area (Å²) in [5.74, 6) is 0.147. The highest BCUT2D eigenvalue weighted by Gasteiger charge is 2.03. The molecule has 3 nitrogen and oxygen atoms in total. The molecule has 1 heterocycles. The first-order chi connectivity index (χ1) is 9.13. The quantitative estimate of drug-likeness (QED) is 0.895. The minimum atomic E-state index is -2.80. The van der Waals surface area contributed by atoms with Crippen LogP contribution in [-0.2, 0) is 6.54 Å².